The van der Waals surface area contributed by atoms with Crippen LogP contribution in [0.25, 0.3) is 0 Å². The standard InChI is InChI=1S/2C3H5.ClH.Nd/c2*1-3-2;;/h2*3H,1-2H2;1H;. The Morgan fingerprint density at radius 2 is 1.50 bits per heavy atom. The first-order chi connectivity index (χ1) is 3.41. The minimum Gasteiger partial charge on any atom is -0.147 e. The van der Waals surface area contributed by atoms with Gasteiger partial charge in [-0.3, -0.25) is 0 Å². The summed E-state index contributed by atoms with van der Waals surface area (Å²) < 4.78 is 2.62. The molecule has 0 aromatic carbocycles. The molecule has 0 heterocycles. The maximum atomic E-state index is 3.65. The van der Waals surface area contributed by atoms with Crippen LogP contribution in [-0.2, 0) is 0 Å². The van der Waals surface area contributed by atoms with E-state index in [1.54, 1.807) is 0 Å². The van der Waals surface area contributed by atoms with Crippen LogP contribution in [0.3, 0.4) is 0 Å². The van der Waals surface area contributed by atoms with E-state index in [2.05, 4.69) is 13.2 Å². The van der Waals surface area contributed by atoms with Crippen molar-refractivity contribution in [2.45, 2.75) is 4.14 Å². The van der Waals surface area contributed by atoms with Crippen molar-refractivity contribution < 1.29 is 36.7 Å². The number of allylic oxidation sites excluding steroid dienone is 2. The quantitative estimate of drug-likeness (QED) is 0.540. The van der Waals surface area contributed by atoms with Gasteiger partial charge in [-0.25, -0.2) is 0 Å². The molecule has 0 radical (unpaired) electrons. The van der Waals surface area contributed by atoms with Gasteiger partial charge in [0.1, 0.15) is 0 Å². The summed E-state index contributed by atoms with van der Waals surface area (Å²) in [5, 5.41) is 0. The summed E-state index contributed by atoms with van der Waals surface area (Å²) in [6.45, 7) is 7.29. The Bertz CT molecular complexity index is 53.5. The summed E-state index contributed by atoms with van der Waals surface area (Å²) in [5.74, 6) is 0. The Kier molecular flexibility index (Phi) is 16.3. The van der Waals surface area contributed by atoms with E-state index >= 15 is 0 Å². The first kappa shape index (κ1) is 11.9. The summed E-state index contributed by atoms with van der Waals surface area (Å²) in [6, 6.07) is 0. The molecule has 0 saturated heterocycles. The zero-order chi connectivity index (χ0) is 5.54. The van der Waals surface area contributed by atoms with Gasteiger partial charge in [-0.05, 0) is 0 Å². The number of hydrogen-bond acceptors (Lipinski definition) is 0. The molecule has 0 bridgehead atoms. The summed E-state index contributed by atoms with van der Waals surface area (Å²) in [5.41, 5.74) is 0. The molecular weight excluding hydrogens is 252 g/mol. The summed E-state index contributed by atoms with van der Waals surface area (Å²) in [4.78, 5) is 0. The van der Waals surface area contributed by atoms with Crippen molar-refractivity contribution >= 4 is 12.4 Å². The zero-order valence-electron chi connectivity index (χ0n) is 4.89. The second-order valence-electron chi connectivity index (χ2n) is 1.24. The fraction of sp³-hybridized carbons (Fsp3) is 0.333. The minimum absolute atomic E-state index is 0. The molecule has 0 spiro atoms. The Morgan fingerprint density at radius 1 is 1.12 bits per heavy atom. The van der Waals surface area contributed by atoms with Gasteiger partial charge in [-0.1, -0.05) is 0 Å². The number of halogens is 1. The summed E-state index contributed by atoms with van der Waals surface area (Å²) >= 11 is -0.235. The number of rotatable bonds is 4. The molecule has 0 aliphatic heterocycles. The fourth-order valence-electron chi connectivity index (χ4n) is 0.287. The largest absolute Gasteiger partial charge is 0.147 e. The molecule has 0 unspecified atom stereocenters. The van der Waals surface area contributed by atoms with E-state index in [0.29, 0.717) is 0 Å². The first-order valence-electron chi connectivity index (χ1n) is 2.34. The fourth-order valence-corrected chi connectivity index (χ4v) is 2.13. The van der Waals surface area contributed by atoms with Crippen LogP contribution >= 0.6 is 12.4 Å². The molecule has 0 amide bonds. The van der Waals surface area contributed by atoms with Gasteiger partial charge in [0.2, 0.25) is 0 Å². The predicted octanol–water partition coefficient (Wildman–Crippen LogP) is 2.70. The van der Waals surface area contributed by atoms with Gasteiger partial charge >= 0.3 is 66.2 Å². The smallest absolute Gasteiger partial charge is 0.147 e. The zero-order valence-corrected chi connectivity index (χ0v) is 8.92. The van der Waals surface area contributed by atoms with Crippen molar-refractivity contribution in [1.29, 1.82) is 0 Å². The maximum Gasteiger partial charge on any atom is -0.147 e. The van der Waals surface area contributed by atoms with E-state index < -0.39 is 0 Å². The normalized spacial score (nSPS) is 6.50. The maximum absolute atomic E-state index is 3.65. The van der Waals surface area contributed by atoms with Crippen molar-refractivity contribution in [3.05, 3.63) is 25.3 Å². The molecule has 0 aliphatic rings. The van der Waals surface area contributed by atoms with Crippen LogP contribution in [0, 0.1) is 36.7 Å². The molecule has 2 heteroatoms. The van der Waals surface area contributed by atoms with Crippen LogP contribution in [0.5, 0.6) is 0 Å². The van der Waals surface area contributed by atoms with E-state index in [0.717, 1.165) is 0 Å². The molecule has 0 aromatic rings. The molecule has 0 nitrogen and oxygen atoms in total. The molecule has 0 N–H and O–H groups in total. The Balaban J connectivity index is 0. The van der Waals surface area contributed by atoms with Crippen LogP contribution in [0.2, 0.25) is 4.14 Å². The van der Waals surface area contributed by atoms with E-state index in [-0.39, 0.29) is 49.1 Å². The average Bonchev–Trinajstić information content (AvgIpc) is 1.69. The van der Waals surface area contributed by atoms with Gasteiger partial charge < -0.3 is 0 Å². The van der Waals surface area contributed by atoms with E-state index in [9.17, 15) is 0 Å². The van der Waals surface area contributed by atoms with Crippen molar-refractivity contribution in [3.8, 4) is 0 Å². The van der Waals surface area contributed by atoms with Crippen LogP contribution in [0.4, 0.5) is 0 Å². The third-order valence-electron chi connectivity index (χ3n) is 0.577. The van der Waals surface area contributed by atoms with Crippen molar-refractivity contribution in [3.63, 3.8) is 0 Å². The third-order valence-corrected chi connectivity index (χ3v) is 4.28. The average molecular weight is 263 g/mol. The predicted molar refractivity (Wildman–Crippen MR) is 37.3 cm³/mol. The second kappa shape index (κ2) is 11.0. The van der Waals surface area contributed by atoms with Gasteiger partial charge in [-0.15, -0.1) is 12.4 Å². The molecule has 46 valence electrons. The topological polar surface area (TPSA) is 0 Å². The van der Waals surface area contributed by atoms with Crippen LogP contribution in [0.1, 0.15) is 0 Å². The summed E-state index contributed by atoms with van der Waals surface area (Å²) in [6.07, 6.45) is 4.04. The van der Waals surface area contributed by atoms with Gasteiger partial charge in [0, 0.05) is 0 Å². The van der Waals surface area contributed by atoms with E-state index in [1.165, 1.54) is 4.14 Å². The minimum atomic E-state index is -0.235. The molecule has 0 aliphatic carbocycles. The molecule has 0 fully saturated rings. The van der Waals surface area contributed by atoms with E-state index in [4.69, 9.17) is 0 Å². The van der Waals surface area contributed by atoms with Gasteiger partial charge in [0.25, 0.3) is 0 Å². The SMILES string of the molecule is C=C[CH2][Nd][CH2]C=C.Cl. The number of hydrogen-bond donors (Lipinski definition) is 0. The monoisotopic (exact) mass is 260 g/mol. The summed E-state index contributed by atoms with van der Waals surface area (Å²) in [7, 11) is 0. The Morgan fingerprint density at radius 3 is 1.75 bits per heavy atom. The Labute approximate surface area is 77.5 Å². The van der Waals surface area contributed by atoms with E-state index in [1.807, 2.05) is 12.2 Å². The Hall–Kier alpha value is 1.12. The third kappa shape index (κ3) is 10.2. The van der Waals surface area contributed by atoms with Crippen molar-refractivity contribution in [2.24, 2.45) is 0 Å². The molecule has 0 aromatic heterocycles. The van der Waals surface area contributed by atoms with Crippen molar-refractivity contribution in [1.82, 2.24) is 0 Å². The molecule has 0 rings (SSSR count). The van der Waals surface area contributed by atoms with Crippen LogP contribution in [-0.4, -0.2) is 0 Å². The second-order valence-corrected chi connectivity index (χ2v) is 5.46. The molecular formula is C6H11ClNd. The van der Waals surface area contributed by atoms with Gasteiger partial charge in [0.15, 0.2) is 0 Å². The van der Waals surface area contributed by atoms with Crippen LogP contribution < -0.4 is 0 Å². The molecule has 8 heavy (non-hydrogen) atoms. The molecule has 0 saturated carbocycles. The van der Waals surface area contributed by atoms with Crippen LogP contribution in [0.15, 0.2) is 25.3 Å². The van der Waals surface area contributed by atoms with Gasteiger partial charge in [0.05, 0.1) is 0 Å². The van der Waals surface area contributed by atoms with Crippen molar-refractivity contribution in [2.75, 3.05) is 0 Å². The van der Waals surface area contributed by atoms with Gasteiger partial charge in [-0.2, -0.15) is 0 Å². The molecule has 0 atom stereocenters. The first-order valence-corrected chi connectivity index (χ1v) is 6.88.